The number of carboxylic acids is 1. The lowest BCUT2D eigenvalue weighted by atomic mass is 10.0. The summed E-state index contributed by atoms with van der Waals surface area (Å²) in [5.74, 6) is 1.29. The van der Waals surface area contributed by atoms with E-state index in [-0.39, 0.29) is 19.8 Å². The summed E-state index contributed by atoms with van der Waals surface area (Å²) in [7, 11) is 0. The minimum Gasteiger partial charge on any atom is -0.489 e. The van der Waals surface area contributed by atoms with Gasteiger partial charge < -0.3 is 34.9 Å². The summed E-state index contributed by atoms with van der Waals surface area (Å²) in [5, 5.41) is 22.1. The van der Waals surface area contributed by atoms with Crippen LogP contribution in [-0.4, -0.2) is 42.0 Å². The van der Waals surface area contributed by atoms with E-state index in [1.807, 2.05) is 54.6 Å². The lowest BCUT2D eigenvalue weighted by Crippen LogP contribution is -2.39. The number of hydrogen-bond donors (Lipinski definition) is 4. The molecule has 1 unspecified atom stereocenters. The zero-order valence-electron chi connectivity index (χ0n) is 22.7. The van der Waals surface area contributed by atoms with Gasteiger partial charge in [-0.3, -0.25) is 10.1 Å². The fraction of sp³-hybridized carbons (Fsp3) is 0.219. The second-order valence-corrected chi connectivity index (χ2v) is 10.1. The molecule has 1 atom stereocenters. The zero-order chi connectivity index (χ0) is 29.5. The predicted octanol–water partition coefficient (Wildman–Crippen LogP) is 5.05. The molecule has 0 saturated heterocycles. The number of fused-ring (bicyclic) bond motifs is 1. The van der Waals surface area contributed by atoms with Crippen LogP contribution in [0.2, 0.25) is 5.02 Å². The quantitative estimate of drug-likeness (QED) is 0.167. The van der Waals surface area contributed by atoms with Crippen molar-refractivity contribution in [2.24, 2.45) is 0 Å². The van der Waals surface area contributed by atoms with Gasteiger partial charge in [-0.05, 0) is 41.5 Å². The van der Waals surface area contributed by atoms with Crippen LogP contribution in [0.15, 0.2) is 78.9 Å². The highest BCUT2D eigenvalue weighted by Gasteiger charge is 2.18. The van der Waals surface area contributed by atoms with Gasteiger partial charge in [0.15, 0.2) is 11.5 Å². The normalized spacial score (nSPS) is 12.9. The molecule has 42 heavy (non-hydrogen) atoms. The number of hydrogen-bond acceptors (Lipinski definition) is 8. The molecule has 9 nitrogen and oxygen atoms in total. The molecule has 10 heteroatoms. The Morgan fingerprint density at radius 2 is 1.74 bits per heavy atom. The number of nitrogen functional groups attached to an aromatic ring is 1. The largest absolute Gasteiger partial charge is 0.489 e. The Kier molecular flexibility index (Phi) is 9.33. The van der Waals surface area contributed by atoms with Crippen LogP contribution >= 0.6 is 11.6 Å². The Morgan fingerprint density at radius 1 is 0.929 bits per heavy atom. The number of ether oxygens (including phenoxy) is 4. The Hall–Kier alpha value is -4.44. The first kappa shape index (κ1) is 29.1. The molecule has 1 aliphatic heterocycles. The molecule has 0 radical (unpaired) electrons. The van der Waals surface area contributed by atoms with Crippen LogP contribution in [0.3, 0.4) is 0 Å². The number of nitrogens with one attached hydrogen (secondary N) is 1. The van der Waals surface area contributed by atoms with Crippen molar-refractivity contribution in [2.45, 2.75) is 25.8 Å². The van der Waals surface area contributed by atoms with Crippen molar-refractivity contribution in [2.75, 3.05) is 25.6 Å². The molecular weight excluding hydrogens is 560 g/mol. The van der Waals surface area contributed by atoms with Gasteiger partial charge >= 0.3 is 5.97 Å². The average molecular weight is 591 g/mol. The number of anilines is 1. The number of benzene rings is 4. The van der Waals surface area contributed by atoms with Crippen LogP contribution in [0.5, 0.6) is 23.0 Å². The highest BCUT2D eigenvalue weighted by molar-refractivity contribution is 6.34. The Bertz CT molecular complexity index is 1560. The van der Waals surface area contributed by atoms with E-state index in [1.54, 1.807) is 24.3 Å². The van der Waals surface area contributed by atoms with E-state index < -0.39 is 18.6 Å². The monoisotopic (exact) mass is 590 g/mol. The fourth-order valence-electron chi connectivity index (χ4n) is 4.50. The smallest absolute Gasteiger partial charge is 0.323 e. The van der Waals surface area contributed by atoms with Gasteiger partial charge in [-0.1, -0.05) is 54.1 Å². The van der Waals surface area contributed by atoms with Crippen LogP contribution in [0.25, 0.3) is 11.1 Å². The topological polar surface area (TPSA) is 132 Å². The molecule has 5 N–H and O–H groups in total. The molecule has 0 saturated carbocycles. The summed E-state index contributed by atoms with van der Waals surface area (Å²) in [4.78, 5) is 11.4. The van der Waals surface area contributed by atoms with E-state index in [1.165, 1.54) is 0 Å². The molecule has 0 spiro atoms. The van der Waals surface area contributed by atoms with Crippen LogP contribution in [-0.2, 0) is 24.6 Å². The molecular formula is C32H31ClN2O7. The van der Waals surface area contributed by atoms with Gasteiger partial charge in [-0.2, -0.15) is 0 Å². The first-order valence-corrected chi connectivity index (χ1v) is 13.8. The third-order valence-corrected chi connectivity index (χ3v) is 7.18. The minimum absolute atomic E-state index is 0.160. The minimum atomic E-state index is -1.14. The van der Waals surface area contributed by atoms with E-state index >= 15 is 0 Å². The molecule has 218 valence electrons. The van der Waals surface area contributed by atoms with Gasteiger partial charge in [-0.25, -0.2) is 0 Å². The number of carbonyl (C=O) groups is 1. The molecule has 0 fully saturated rings. The maximum Gasteiger partial charge on any atom is 0.323 e. The van der Waals surface area contributed by atoms with E-state index in [2.05, 4.69) is 5.32 Å². The Labute approximate surface area is 248 Å². The van der Waals surface area contributed by atoms with Crippen molar-refractivity contribution in [3.63, 3.8) is 0 Å². The van der Waals surface area contributed by atoms with Gasteiger partial charge in [0, 0.05) is 35.0 Å². The molecule has 1 aliphatic rings. The third-order valence-electron chi connectivity index (χ3n) is 6.73. The molecule has 4 aromatic carbocycles. The van der Waals surface area contributed by atoms with E-state index in [9.17, 15) is 15.0 Å². The maximum absolute atomic E-state index is 11.4. The maximum atomic E-state index is 11.4. The number of nitrogens with two attached hydrogens (primary N) is 1. The van der Waals surface area contributed by atoms with Crippen molar-refractivity contribution in [1.82, 2.24) is 5.32 Å². The Morgan fingerprint density at radius 3 is 2.52 bits per heavy atom. The first-order valence-electron chi connectivity index (χ1n) is 13.4. The number of rotatable bonds is 12. The third kappa shape index (κ3) is 7.06. The van der Waals surface area contributed by atoms with Crippen LogP contribution in [0.1, 0.15) is 16.7 Å². The molecule has 0 amide bonds. The van der Waals surface area contributed by atoms with Gasteiger partial charge in [0.05, 0.1) is 11.6 Å². The van der Waals surface area contributed by atoms with Gasteiger partial charge in [0.1, 0.15) is 44.0 Å². The van der Waals surface area contributed by atoms with Crippen molar-refractivity contribution in [3.8, 4) is 34.1 Å². The van der Waals surface area contributed by atoms with Crippen LogP contribution in [0, 0.1) is 0 Å². The second-order valence-electron chi connectivity index (χ2n) is 9.68. The fourth-order valence-corrected chi connectivity index (χ4v) is 4.79. The molecule has 0 aromatic heterocycles. The average Bonchev–Trinajstić information content (AvgIpc) is 3.00. The first-order chi connectivity index (χ1) is 20.4. The summed E-state index contributed by atoms with van der Waals surface area (Å²) >= 11 is 6.83. The van der Waals surface area contributed by atoms with Crippen molar-refractivity contribution in [1.29, 1.82) is 0 Å². The van der Waals surface area contributed by atoms with Crippen molar-refractivity contribution in [3.05, 3.63) is 101 Å². The number of aliphatic hydroxyl groups excluding tert-OH is 1. The van der Waals surface area contributed by atoms with Crippen LogP contribution in [0.4, 0.5) is 5.69 Å². The second kappa shape index (κ2) is 13.5. The summed E-state index contributed by atoms with van der Waals surface area (Å²) in [6.45, 7) is 1.09. The highest BCUT2D eigenvalue weighted by atomic mass is 35.5. The SMILES string of the molecule is Nc1cccc(COc2cc(OCc3cccc(-c4ccc5c(c4)OCCO5)c3Cl)ccc2CNC(CO)C(=O)O)c1. The molecule has 5 rings (SSSR count). The van der Waals surface area contributed by atoms with Crippen LogP contribution < -0.4 is 30.0 Å². The standard InChI is InChI=1S/C32H31ClN2O7/c33-31-23(4-2-6-26(31)21-8-10-28-30(14-21)40-12-11-39-28)19-41-25-9-7-22(16-35-27(17-36)32(37)38)29(15-25)42-18-20-3-1-5-24(34)13-20/h1-10,13-15,27,35-36H,11-12,16-19,34H2,(H,37,38). The summed E-state index contributed by atoms with van der Waals surface area (Å²) in [6, 6.07) is 23.1. The number of halogens is 1. The number of aliphatic hydroxyl groups is 1. The molecule has 0 aliphatic carbocycles. The summed E-state index contributed by atoms with van der Waals surface area (Å²) < 4.78 is 23.6. The summed E-state index contributed by atoms with van der Waals surface area (Å²) in [5.41, 5.74) is 10.6. The number of aliphatic carboxylic acids is 1. The van der Waals surface area contributed by atoms with Gasteiger partial charge in [0.2, 0.25) is 0 Å². The molecule has 1 heterocycles. The molecule has 4 aromatic rings. The predicted molar refractivity (Wildman–Crippen MR) is 159 cm³/mol. The Balaban J connectivity index is 1.33. The van der Waals surface area contributed by atoms with E-state index in [0.29, 0.717) is 52.5 Å². The van der Waals surface area contributed by atoms with Crippen molar-refractivity contribution >= 4 is 23.3 Å². The lowest BCUT2D eigenvalue weighted by molar-refractivity contribution is -0.140. The number of carboxylic acid groups (broad SMARTS) is 1. The van der Waals surface area contributed by atoms with Crippen molar-refractivity contribution < 1.29 is 34.0 Å². The van der Waals surface area contributed by atoms with E-state index in [4.69, 9.17) is 36.3 Å². The summed E-state index contributed by atoms with van der Waals surface area (Å²) in [6.07, 6.45) is 0. The van der Waals surface area contributed by atoms with Gasteiger partial charge in [0.25, 0.3) is 0 Å². The van der Waals surface area contributed by atoms with Gasteiger partial charge in [-0.15, -0.1) is 0 Å². The highest BCUT2D eigenvalue weighted by Crippen LogP contribution is 2.38. The molecule has 0 bridgehead atoms. The van der Waals surface area contributed by atoms with E-state index in [0.717, 1.165) is 22.3 Å². The zero-order valence-corrected chi connectivity index (χ0v) is 23.5. The lowest BCUT2D eigenvalue weighted by Gasteiger charge is -2.19.